The van der Waals surface area contributed by atoms with E-state index in [4.69, 9.17) is 4.42 Å². The third kappa shape index (κ3) is 3.26. The van der Waals surface area contributed by atoms with E-state index in [0.717, 1.165) is 41.6 Å². The van der Waals surface area contributed by atoms with Crippen LogP contribution in [0.15, 0.2) is 31.9 Å². The Morgan fingerprint density at radius 2 is 2.13 bits per heavy atom. The van der Waals surface area contributed by atoms with E-state index in [2.05, 4.69) is 31.2 Å². The average molecular weight is 421 g/mol. The van der Waals surface area contributed by atoms with E-state index >= 15 is 0 Å². The fourth-order valence-electron chi connectivity index (χ4n) is 2.92. The SMILES string of the molecule is Cl.Cl.O=c1[nH]c(C2CCCNC2)nc2c1oc1ccc(Br)cc12. The minimum Gasteiger partial charge on any atom is -0.449 e. The Morgan fingerprint density at radius 1 is 1.30 bits per heavy atom. The van der Waals surface area contributed by atoms with Crippen LogP contribution in [0.5, 0.6) is 0 Å². The van der Waals surface area contributed by atoms with Gasteiger partial charge >= 0.3 is 0 Å². The molecule has 1 saturated heterocycles. The maximum absolute atomic E-state index is 12.3. The number of rotatable bonds is 1. The molecule has 4 rings (SSSR count). The fraction of sp³-hybridized carbons (Fsp3) is 0.333. The molecule has 1 aliphatic rings. The molecule has 2 aromatic heterocycles. The number of nitrogens with one attached hydrogen (secondary N) is 2. The zero-order valence-electron chi connectivity index (χ0n) is 12.1. The van der Waals surface area contributed by atoms with Crippen molar-refractivity contribution >= 4 is 62.8 Å². The van der Waals surface area contributed by atoms with E-state index in [9.17, 15) is 4.79 Å². The molecule has 23 heavy (non-hydrogen) atoms. The van der Waals surface area contributed by atoms with Gasteiger partial charge in [-0.15, -0.1) is 24.8 Å². The molecule has 3 heterocycles. The van der Waals surface area contributed by atoms with E-state index in [1.54, 1.807) is 0 Å². The van der Waals surface area contributed by atoms with Gasteiger partial charge in [-0.3, -0.25) is 4.79 Å². The van der Waals surface area contributed by atoms with Gasteiger partial charge in [0.05, 0.1) is 0 Å². The number of furan rings is 1. The molecular weight excluding hydrogens is 405 g/mol. The van der Waals surface area contributed by atoms with Gasteiger partial charge in [-0.05, 0) is 37.6 Å². The highest BCUT2D eigenvalue weighted by molar-refractivity contribution is 9.10. The summed E-state index contributed by atoms with van der Waals surface area (Å²) in [6.45, 7) is 1.89. The smallest absolute Gasteiger partial charge is 0.294 e. The lowest BCUT2D eigenvalue weighted by Gasteiger charge is -2.21. The minimum atomic E-state index is -0.201. The number of fused-ring (bicyclic) bond motifs is 3. The molecule has 124 valence electrons. The lowest BCUT2D eigenvalue weighted by atomic mass is 9.99. The molecule has 0 spiro atoms. The van der Waals surface area contributed by atoms with Gasteiger partial charge in [-0.1, -0.05) is 15.9 Å². The number of piperidine rings is 1. The Kier molecular flexibility index (Phi) is 5.73. The van der Waals surface area contributed by atoms with Crippen molar-refractivity contribution < 1.29 is 4.42 Å². The maximum atomic E-state index is 12.3. The van der Waals surface area contributed by atoms with Crippen LogP contribution >= 0.6 is 40.7 Å². The van der Waals surface area contributed by atoms with Crippen LogP contribution in [0.2, 0.25) is 0 Å². The van der Waals surface area contributed by atoms with Crippen LogP contribution in [0, 0.1) is 0 Å². The summed E-state index contributed by atoms with van der Waals surface area (Å²) in [6, 6.07) is 5.68. The summed E-state index contributed by atoms with van der Waals surface area (Å²) in [4.78, 5) is 19.8. The van der Waals surface area contributed by atoms with E-state index in [1.165, 1.54) is 0 Å². The minimum absolute atomic E-state index is 0. The second-order valence-electron chi connectivity index (χ2n) is 5.41. The number of aromatic nitrogens is 2. The average Bonchev–Trinajstić information content (AvgIpc) is 2.87. The molecule has 2 N–H and O–H groups in total. The monoisotopic (exact) mass is 419 g/mol. The highest BCUT2D eigenvalue weighted by atomic mass is 79.9. The lowest BCUT2D eigenvalue weighted by molar-refractivity contribution is 0.446. The first-order valence-electron chi connectivity index (χ1n) is 7.05. The van der Waals surface area contributed by atoms with Crippen LogP contribution in [0.25, 0.3) is 22.1 Å². The first-order chi connectivity index (χ1) is 10.2. The predicted molar refractivity (Wildman–Crippen MR) is 99.2 cm³/mol. The second-order valence-corrected chi connectivity index (χ2v) is 6.33. The number of aromatic amines is 1. The quantitative estimate of drug-likeness (QED) is 0.628. The molecule has 0 amide bonds. The number of H-pyrrole nitrogens is 1. The van der Waals surface area contributed by atoms with Gasteiger partial charge in [0.2, 0.25) is 5.58 Å². The highest BCUT2D eigenvalue weighted by Gasteiger charge is 2.20. The molecule has 1 aliphatic heterocycles. The number of nitrogens with zero attached hydrogens (tertiary/aromatic N) is 1. The second kappa shape index (κ2) is 7.21. The molecule has 0 aliphatic carbocycles. The van der Waals surface area contributed by atoms with Gasteiger partial charge in [-0.25, -0.2) is 4.98 Å². The van der Waals surface area contributed by atoms with Crippen molar-refractivity contribution in [3.8, 4) is 0 Å². The molecule has 5 nitrogen and oxygen atoms in total. The van der Waals surface area contributed by atoms with Crippen LogP contribution in [-0.2, 0) is 0 Å². The van der Waals surface area contributed by atoms with Gasteiger partial charge in [0.1, 0.15) is 16.9 Å². The summed E-state index contributed by atoms with van der Waals surface area (Å²) in [5, 5.41) is 4.22. The lowest BCUT2D eigenvalue weighted by Crippen LogP contribution is -2.30. The van der Waals surface area contributed by atoms with Gasteiger partial charge in [0.15, 0.2) is 0 Å². The summed E-state index contributed by atoms with van der Waals surface area (Å²) in [6.07, 6.45) is 2.14. The van der Waals surface area contributed by atoms with Gasteiger partial charge in [0, 0.05) is 22.3 Å². The Balaban J connectivity index is 0.000000960. The third-order valence-electron chi connectivity index (χ3n) is 3.99. The van der Waals surface area contributed by atoms with Crippen molar-refractivity contribution in [1.29, 1.82) is 0 Å². The molecule has 1 fully saturated rings. The van der Waals surface area contributed by atoms with Crippen molar-refractivity contribution in [1.82, 2.24) is 15.3 Å². The van der Waals surface area contributed by atoms with Crippen LogP contribution in [0.3, 0.4) is 0 Å². The third-order valence-corrected chi connectivity index (χ3v) is 4.48. The topological polar surface area (TPSA) is 70.9 Å². The summed E-state index contributed by atoms with van der Waals surface area (Å²) >= 11 is 3.45. The van der Waals surface area contributed by atoms with Crippen LogP contribution in [0.1, 0.15) is 24.6 Å². The summed E-state index contributed by atoms with van der Waals surface area (Å²) in [5.41, 5.74) is 1.43. The molecule has 0 radical (unpaired) electrons. The normalized spacial score (nSPS) is 17.7. The number of halogens is 3. The largest absolute Gasteiger partial charge is 0.449 e. The van der Waals surface area contributed by atoms with E-state index < -0.39 is 0 Å². The van der Waals surface area contributed by atoms with E-state index in [0.29, 0.717) is 16.7 Å². The summed E-state index contributed by atoms with van der Waals surface area (Å²) < 4.78 is 6.58. The molecule has 8 heteroatoms. The van der Waals surface area contributed by atoms with E-state index in [-0.39, 0.29) is 36.3 Å². The molecule has 0 saturated carbocycles. The summed E-state index contributed by atoms with van der Waals surface area (Å²) in [5.74, 6) is 1.01. The van der Waals surface area contributed by atoms with Crippen molar-refractivity contribution in [2.45, 2.75) is 18.8 Å². The van der Waals surface area contributed by atoms with Gasteiger partial charge in [0.25, 0.3) is 5.56 Å². The standard InChI is InChI=1S/C15H14BrN3O2.2ClH/c16-9-3-4-11-10(6-9)12-13(21-11)15(20)19-14(18-12)8-2-1-5-17-7-8;;/h3-4,6,8,17H,1-2,5,7H2,(H,18,19,20);2*1H. The fourth-order valence-corrected chi connectivity index (χ4v) is 3.28. The Morgan fingerprint density at radius 3 is 2.87 bits per heavy atom. The van der Waals surface area contributed by atoms with Crippen molar-refractivity contribution in [2.24, 2.45) is 0 Å². The van der Waals surface area contributed by atoms with E-state index in [1.807, 2.05) is 18.2 Å². The molecule has 1 atom stereocenters. The Hall–Kier alpha value is -1.08. The number of hydrogen-bond donors (Lipinski definition) is 2. The van der Waals surface area contributed by atoms with Crippen LogP contribution in [0.4, 0.5) is 0 Å². The van der Waals surface area contributed by atoms with Crippen molar-refractivity contribution in [2.75, 3.05) is 13.1 Å². The van der Waals surface area contributed by atoms with Crippen molar-refractivity contribution in [3.63, 3.8) is 0 Å². The van der Waals surface area contributed by atoms with Crippen LogP contribution in [-0.4, -0.2) is 23.1 Å². The zero-order chi connectivity index (χ0) is 14.4. The highest BCUT2D eigenvalue weighted by Crippen LogP contribution is 2.29. The zero-order valence-corrected chi connectivity index (χ0v) is 15.3. The maximum Gasteiger partial charge on any atom is 0.294 e. The summed E-state index contributed by atoms with van der Waals surface area (Å²) in [7, 11) is 0. The Labute approximate surface area is 153 Å². The first kappa shape index (κ1) is 18.3. The van der Waals surface area contributed by atoms with Gasteiger partial charge < -0.3 is 14.7 Å². The molecule has 1 unspecified atom stereocenters. The first-order valence-corrected chi connectivity index (χ1v) is 7.84. The molecular formula is C15H16BrCl2N3O2. The Bertz CT molecular complexity index is 887. The predicted octanol–water partition coefficient (Wildman–Crippen LogP) is 3.74. The number of benzene rings is 1. The van der Waals surface area contributed by atoms with Crippen molar-refractivity contribution in [3.05, 3.63) is 38.9 Å². The molecule has 3 aromatic rings. The molecule has 0 bridgehead atoms. The van der Waals surface area contributed by atoms with Gasteiger partial charge in [-0.2, -0.15) is 0 Å². The van der Waals surface area contributed by atoms with Crippen LogP contribution < -0.4 is 10.9 Å². The number of hydrogen-bond acceptors (Lipinski definition) is 4. The molecule has 1 aromatic carbocycles.